The predicted octanol–water partition coefficient (Wildman–Crippen LogP) is 3.01. The highest BCUT2D eigenvalue weighted by Gasteiger charge is 2.37. The Hall–Kier alpha value is -1.82. The second-order valence-electron chi connectivity index (χ2n) is 6.51. The number of hydrogen-bond acceptors (Lipinski definition) is 5. The molecule has 22 heavy (non-hydrogen) atoms. The van der Waals surface area contributed by atoms with Crippen LogP contribution < -0.4 is 15.4 Å². The van der Waals surface area contributed by atoms with Crippen molar-refractivity contribution in [3.8, 4) is 5.88 Å². The van der Waals surface area contributed by atoms with Gasteiger partial charge in [-0.05, 0) is 39.7 Å². The third kappa shape index (κ3) is 3.32. The van der Waals surface area contributed by atoms with E-state index in [9.17, 15) is 4.79 Å². The molecule has 122 valence electrons. The highest BCUT2D eigenvalue weighted by atomic mass is 16.6. The molecular formula is C16H25N3O3. The van der Waals surface area contributed by atoms with Crippen molar-refractivity contribution < 1.29 is 14.3 Å². The first-order chi connectivity index (χ1) is 10.3. The zero-order chi connectivity index (χ0) is 16.5. The van der Waals surface area contributed by atoms with Crippen molar-refractivity contribution in [3.05, 3.63) is 17.8 Å². The van der Waals surface area contributed by atoms with E-state index in [2.05, 4.69) is 4.98 Å². The van der Waals surface area contributed by atoms with Gasteiger partial charge in [-0.15, -0.1) is 0 Å². The minimum atomic E-state index is -0.547. The summed E-state index contributed by atoms with van der Waals surface area (Å²) in [6.45, 7) is 7.61. The summed E-state index contributed by atoms with van der Waals surface area (Å²) in [5.74, 6) is 0.494. The monoisotopic (exact) mass is 307 g/mol. The minimum absolute atomic E-state index is 0.00699. The molecule has 0 aliphatic carbocycles. The van der Waals surface area contributed by atoms with Crippen LogP contribution in [0.2, 0.25) is 0 Å². The zero-order valence-electron chi connectivity index (χ0n) is 13.9. The van der Waals surface area contributed by atoms with Gasteiger partial charge in [-0.1, -0.05) is 6.92 Å². The number of nitrogens with two attached hydrogens (primary N) is 1. The number of nitrogens with zero attached hydrogens (tertiary/aromatic N) is 2. The summed E-state index contributed by atoms with van der Waals surface area (Å²) in [6, 6.07) is 3.36. The zero-order valence-corrected chi connectivity index (χ0v) is 13.9. The van der Waals surface area contributed by atoms with Crippen molar-refractivity contribution in [3.63, 3.8) is 0 Å². The van der Waals surface area contributed by atoms with E-state index in [1.54, 1.807) is 18.1 Å². The number of hydrogen-bond donors (Lipinski definition) is 1. The standard InChI is InChI=1S/C16H25N3O3/c1-6-10-9-11(17)14-12(7-8-13(18-14)21-5)19(10)15(20)22-16(2,3)4/h7-8,10-11H,6,9,17H2,1-5H3/t10-,11+/m1/s1. The number of carbonyl (C=O) groups is 1. The van der Waals surface area contributed by atoms with Gasteiger partial charge in [0.2, 0.25) is 5.88 Å². The number of pyridine rings is 1. The summed E-state index contributed by atoms with van der Waals surface area (Å²) in [5.41, 5.74) is 7.07. The summed E-state index contributed by atoms with van der Waals surface area (Å²) in [4.78, 5) is 18.7. The van der Waals surface area contributed by atoms with Gasteiger partial charge in [-0.2, -0.15) is 0 Å². The fourth-order valence-corrected chi connectivity index (χ4v) is 2.65. The van der Waals surface area contributed by atoms with Crippen LogP contribution in [-0.2, 0) is 4.74 Å². The molecule has 2 heterocycles. The number of methoxy groups -OCH3 is 1. The van der Waals surface area contributed by atoms with E-state index in [1.165, 1.54) is 0 Å². The summed E-state index contributed by atoms with van der Waals surface area (Å²) in [6.07, 6.45) is 1.10. The molecule has 1 aromatic rings. The highest BCUT2D eigenvalue weighted by molar-refractivity contribution is 5.90. The number of fused-ring (bicyclic) bond motifs is 1. The number of anilines is 1. The summed E-state index contributed by atoms with van der Waals surface area (Å²) < 4.78 is 10.7. The van der Waals surface area contributed by atoms with Gasteiger partial charge in [0.1, 0.15) is 5.60 Å². The molecule has 0 radical (unpaired) electrons. The van der Waals surface area contributed by atoms with Crippen molar-refractivity contribution in [2.75, 3.05) is 12.0 Å². The average Bonchev–Trinajstić information content (AvgIpc) is 2.44. The van der Waals surface area contributed by atoms with Crippen LogP contribution in [0.15, 0.2) is 12.1 Å². The first-order valence-corrected chi connectivity index (χ1v) is 7.59. The maximum atomic E-state index is 12.6. The van der Waals surface area contributed by atoms with Crippen molar-refractivity contribution in [2.45, 2.75) is 58.2 Å². The lowest BCUT2D eigenvalue weighted by molar-refractivity contribution is 0.0557. The molecule has 1 aliphatic rings. The van der Waals surface area contributed by atoms with Crippen LogP contribution in [0.3, 0.4) is 0 Å². The Balaban J connectivity index is 2.43. The van der Waals surface area contributed by atoms with Crippen molar-refractivity contribution >= 4 is 11.8 Å². The summed E-state index contributed by atoms with van der Waals surface area (Å²) >= 11 is 0. The Morgan fingerprint density at radius 2 is 2.14 bits per heavy atom. The van der Waals surface area contributed by atoms with Gasteiger partial charge in [-0.25, -0.2) is 9.78 Å². The van der Waals surface area contributed by atoms with Gasteiger partial charge in [-0.3, -0.25) is 4.90 Å². The molecule has 2 rings (SSSR count). The Morgan fingerprint density at radius 3 is 2.68 bits per heavy atom. The first kappa shape index (κ1) is 16.5. The van der Waals surface area contributed by atoms with Crippen LogP contribution >= 0.6 is 0 Å². The third-order valence-corrected chi connectivity index (χ3v) is 3.65. The molecule has 1 amide bonds. The maximum Gasteiger partial charge on any atom is 0.415 e. The van der Waals surface area contributed by atoms with E-state index in [4.69, 9.17) is 15.2 Å². The van der Waals surface area contributed by atoms with Gasteiger partial charge in [0, 0.05) is 12.1 Å². The molecule has 0 unspecified atom stereocenters. The lowest BCUT2D eigenvalue weighted by atomic mass is 9.94. The summed E-state index contributed by atoms with van der Waals surface area (Å²) in [5, 5.41) is 0. The van der Waals surface area contributed by atoms with Crippen molar-refractivity contribution in [1.29, 1.82) is 0 Å². The Morgan fingerprint density at radius 1 is 1.45 bits per heavy atom. The Labute approximate surface area is 131 Å². The first-order valence-electron chi connectivity index (χ1n) is 7.59. The second-order valence-corrected chi connectivity index (χ2v) is 6.51. The molecule has 2 atom stereocenters. The third-order valence-electron chi connectivity index (χ3n) is 3.65. The quantitative estimate of drug-likeness (QED) is 0.908. The summed E-state index contributed by atoms with van der Waals surface area (Å²) in [7, 11) is 1.56. The van der Waals surface area contributed by atoms with E-state index in [-0.39, 0.29) is 18.2 Å². The van der Waals surface area contributed by atoms with Crippen LogP contribution in [0.25, 0.3) is 0 Å². The molecule has 2 N–H and O–H groups in total. The smallest absolute Gasteiger partial charge is 0.415 e. The van der Waals surface area contributed by atoms with Crippen LogP contribution in [0, 0.1) is 0 Å². The van der Waals surface area contributed by atoms with E-state index >= 15 is 0 Å². The van der Waals surface area contributed by atoms with Gasteiger partial charge >= 0.3 is 6.09 Å². The van der Waals surface area contributed by atoms with Crippen molar-refractivity contribution in [2.24, 2.45) is 5.73 Å². The van der Waals surface area contributed by atoms with Crippen LogP contribution in [-0.4, -0.2) is 29.8 Å². The lowest BCUT2D eigenvalue weighted by Gasteiger charge is -2.39. The highest BCUT2D eigenvalue weighted by Crippen LogP contribution is 2.37. The molecule has 6 heteroatoms. The lowest BCUT2D eigenvalue weighted by Crippen LogP contribution is -2.48. The fourth-order valence-electron chi connectivity index (χ4n) is 2.65. The topological polar surface area (TPSA) is 77.7 Å². The molecule has 0 saturated carbocycles. The molecule has 0 saturated heterocycles. The molecule has 0 fully saturated rings. The average molecular weight is 307 g/mol. The van der Waals surface area contributed by atoms with E-state index in [0.717, 1.165) is 6.42 Å². The molecule has 0 bridgehead atoms. The largest absolute Gasteiger partial charge is 0.481 e. The molecule has 1 aliphatic heterocycles. The SMILES string of the molecule is CC[C@@H]1C[C@H](N)c2nc(OC)ccc2N1C(=O)OC(C)(C)C. The molecule has 6 nitrogen and oxygen atoms in total. The number of carbonyl (C=O) groups excluding carboxylic acids is 1. The Kier molecular flexibility index (Phi) is 4.60. The Bertz CT molecular complexity index is 554. The van der Waals surface area contributed by atoms with Gasteiger partial charge in [0.05, 0.1) is 24.5 Å². The fraction of sp³-hybridized carbons (Fsp3) is 0.625. The minimum Gasteiger partial charge on any atom is -0.481 e. The van der Waals surface area contributed by atoms with E-state index < -0.39 is 5.60 Å². The number of aromatic nitrogens is 1. The van der Waals surface area contributed by atoms with Gasteiger partial charge in [0.25, 0.3) is 0 Å². The predicted molar refractivity (Wildman–Crippen MR) is 85.1 cm³/mol. The van der Waals surface area contributed by atoms with Crippen molar-refractivity contribution in [1.82, 2.24) is 4.98 Å². The van der Waals surface area contributed by atoms with Crippen LogP contribution in [0.4, 0.5) is 10.5 Å². The second kappa shape index (κ2) is 6.12. The maximum absolute atomic E-state index is 12.6. The van der Waals surface area contributed by atoms with Crippen LogP contribution in [0.1, 0.15) is 52.3 Å². The van der Waals surface area contributed by atoms with Gasteiger partial charge < -0.3 is 15.2 Å². The molecule has 1 aromatic heterocycles. The molecule has 0 aromatic carbocycles. The molecule has 0 spiro atoms. The number of rotatable bonds is 2. The number of amides is 1. The number of ether oxygens (including phenoxy) is 2. The molecular weight excluding hydrogens is 282 g/mol. The van der Waals surface area contributed by atoms with E-state index in [0.29, 0.717) is 23.7 Å². The van der Waals surface area contributed by atoms with E-state index in [1.807, 2.05) is 33.8 Å². The van der Waals surface area contributed by atoms with Gasteiger partial charge in [0.15, 0.2) is 0 Å². The van der Waals surface area contributed by atoms with Crippen LogP contribution in [0.5, 0.6) is 5.88 Å². The normalized spacial score (nSPS) is 21.3.